The van der Waals surface area contributed by atoms with Crippen LogP contribution in [0.2, 0.25) is 0 Å². The SMILES string of the molecule is CC(C)CNC1COC2C(Nc3nccc(-c4ccc(-c5ccccc5)cc4)n3)COC12. The van der Waals surface area contributed by atoms with Gasteiger partial charge in [0.1, 0.15) is 12.2 Å². The Kier molecular flexibility index (Phi) is 6.17. The van der Waals surface area contributed by atoms with E-state index in [1.807, 2.05) is 12.1 Å². The van der Waals surface area contributed by atoms with Crippen molar-refractivity contribution in [3.05, 3.63) is 66.9 Å². The Balaban J connectivity index is 1.25. The number of nitrogens with zero attached hydrogens (tertiary/aromatic N) is 2. The summed E-state index contributed by atoms with van der Waals surface area (Å²) in [6.07, 6.45) is 1.88. The second kappa shape index (κ2) is 9.36. The van der Waals surface area contributed by atoms with Crippen molar-refractivity contribution in [1.82, 2.24) is 15.3 Å². The van der Waals surface area contributed by atoms with Crippen LogP contribution < -0.4 is 10.6 Å². The molecule has 2 saturated heterocycles. The summed E-state index contributed by atoms with van der Waals surface area (Å²) in [5, 5.41) is 7.02. The summed E-state index contributed by atoms with van der Waals surface area (Å²) in [6, 6.07) is 21.1. The van der Waals surface area contributed by atoms with Crippen LogP contribution in [0.15, 0.2) is 66.9 Å². The molecule has 3 heterocycles. The molecule has 2 N–H and O–H groups in total. The molecule has 0 saturated carbocycles. The van der Waals surface area contributed by atoms with E-state index in [9.17, 15) is 0 Å². The van der Waals surface area contributed by atoms with Crippen LogP contribution in [0.3, 0.4) is 0 Å². The van der Waals surface area contributed by atoms with Crippen LogP contribution in [0.1, 0.15) is 13.8 Å². The van der Waals surface area contributed by atoms with Gasteiger partial charge in [-0.3, -0.25) is 0 Å². The van der Waals surface area contributed by atoms with E-state index in [1.165, 1.54) is 11.1 Å². The van der Waals surface area contributed by atoms with Crippen LogP contribution in [0.5, 0.6) is 0 Å². The third kappa shape index (κ3) is 4.53. The fourth-order valence-corrected chi connectivity index (χ4v) is 4.40. The van der Waals surface area contributed by atoms with Gasteiger partial charge in [-0.25, -0.2) is 9.97 Å². The molecule has 0 aliphatic carbocycles. The van der Waals surface area contributed by atoms with Crippen molar-refractivity contribution in [3.8, 4) is 22.4 Å². The number of anilines is 1. The van der Waals surface area contributed by atoms with E-state index in [1.54, 1.807) is 6.20 Å². The summed E-state index contributed by atoms with van der Waals surface area (Å²) >= 11 is 0. The average Bonchev–Trinajstić information content (AvgIpc) is 3.41. The zero-order valence-corrected chi connectivity index (χ0v) is 18.6. The van der Waals surface area contributed by atoms with Gasteiger partial charge < -0.3 is 20.1 Å². The highest BCUT2D eigenvalue weighted by molar-refractivity contribution is 5.69. The second-order valence-corrected chi connectivity index (χ2v) is 8.96. The maximum Gasteiger partial charge on any atom is 0.223 e. The normalized spacial score (nSPS) is 24.6. The second-order valence-electron chi connectivity index (χ2n) is 8.96. The van der Waals surface area contributed by atoms with Crippen molar-refractivity contribution in [2.24, 2.45) is 5.92 Å². The molecule has 0 radical (unpaired) electrons. The minimum atomic E-state index is 0.0112. The van der Waals surface area contributed by atoms with Gasteiger partial charge in [-0.05, 0) is 29.7 Å². The Bertz CT molecular complexity index is 1030. The summed E-state index contributed by atoms with van der Waals surface area (Å²) in [4.78, 5) is 9.19. The molecule has 32 heavy (non-hydrogen) atoms. The first kappa shape index (κ1) is 21.1. The van der Waals surface area contributed by atoms with Crippen molar-refractivity contribution in [3.63, 3.8) is 0 Å². The van der Waals surface area contributed by atoms with Gasteiger partial charge >= 0.3 is 0 Å². The highest BCUT2D eigenvalue weighted by Gasteiger charge is 2.47. The third-order valence-electron chi connectivity index (χ3n) is 6.10. The summed E-state index contributed by atoms with van der Waals surface area (Å²) < 4.78 is 12.1. The first-order chi connectivity index (χ1) is 15.7. The lowest BCUT2D eigenvalue weighted by Gasteiger charge is -2.19. The molecule has 166 valence electrons. The lowest BCUT2D eigenvalue weighted by Crippen LogP contribution is -2.43. The first-order valence-corrected chi connectivity index (χ1v) is 11.4. The molecule has 0 bridgehead atoms. The van der Waals surface area contributed by atoms with E-state index >= 15 is 0 Å². The number of benzene rings is 2. The van der Waals surface area contributed by atoms with E-state index in [0.717, 1.165) is 17.8 Å². The number of hydrogen-bond donors (Lipinski definition) is 2. The number of nitrogens with one attached hydrogen (secondary N) is 2. The van der Waals surface area contributed by atoms with Crippen LogP contribution in [-0.2, 0) is 9.47 Å². The number of fused-ring (bicyclic) bond motifs is 1. The van der Waals surface area contributed by atoms with Crippen molar-refractivity contribution in [2.45, 2.75) is 38.1 Å². The molecule has 2 aliphatic heterocycles. The lowest BCUT2D eigenvalue weighted by molar-refractivity contribution is 0.0674. The Labute approximate surface area is 189 Å². The molecule has 2 fully saturated rings. The fraction of sp³-hybridized carbons (Fsp3) is 0.385. The molecule has 4 unspecified atom stereocenters. The van der Waals surface area contributed by atoms with Crippen LogP contribution in [0.25, 0.3) is 22.4 Å². The van der Waals surface area contributed by atoms with E-state index < -0.39 is 0 Å². The molecule has 5 rings (SSSR count). The van der Waals surface area contributed by atoms with Gasteiger partial charge in [0.05, 0.1) is 31.0 Å². The van der Waals surface area contributed by atoms with Gasteiger partial charge in [-0.1, -0.05) is 68.4 Å². The monoisotopic (exact) mass is 430 g/mol. The predicted molar refractivity (Wildman–Crippen MR) is 126 cm³/mol. The molecule has 2 aliphatic rings. The number of ether oxygens (including phenoxy) is 2. The summed E-state index contributed by atoms with van der Waals surface area (Å²) in [5.41, 5.74) is 4.35. The van der Waals surface area contributed by atoms with Crippen LogP contribution >= 0.6 is 0 Å². The highest BCUT2D eigenvalue weighted by atomic mass is 16.6. The van der Waals surface area contributed by atoms with Gasteiger partial charge in [-0.2, -0.15) is 0 Å². The standard InChI is InChI=1S/C26H30N4O2/c1-17(2)14-28-22-15-31-25-23(16-32-24(22)25)30-26-27-13-12-21(29-26)20-10-8-19(9-11-20)18-6-4-3-5-7-18/h3-13,17,22-25,28H,14-16H2,1-2H3,(H,27,29,30). The van der Waals surface area contributed by atoms with Crippen LogP contribution in [0.4, 0.5) is 5.95 Å². The minimum absolute atomic E-state index is 0.0112. The maximum atomic E-state index is 6.07. The Morgan fingerprint density at radius 1 is 0.844 bits per heavy atom. The number of rotatable bonds is 7. The Morgan fingerprint density at radius 2 is 1.50 bits per heavy atom. The van der Waals surface area contributed by atoms with E-state index in [0.29, 0.717) is 25.1 Å². The summed E-state index contributed by atoms with van der Waals surface area (Å²) in [7, 11) is 0. The molecule has 1 aromatic heterocycles. The zero-order chi connectivity index (χ0) is 21.9. The summed E-state index contributed by atoms with van der Waals surface area (Å²) in [5.74, 6) is 1.20. The fourth-order valence-electron chi connectivity index (χ4n) is 4.40. The lowest BCUT2D eigenvalue weighted by atomic mass is 10.0. The highest BCUT2D eigenvalue weighted by Crippen LogP contribution is 2.29. The molecule has 0 amide bonds. The van der Waals surface area contributed by atoms with Gasteiger partial charge in [0.15, 0.2) is 0 Å². The van der Waals surface area contributed by atoms with Gasteiger partial charge in [0.25, 0.3) is 0 Å². The van der Waals surface area contributed by atoms with E-state index in [4.69, 9.17) is 14.5 Å². The smallest absolute Gasteiger partial charge is 0.223 e. The van der Waals surface area contributed by atoms with Crippen molar-refractivity contribution in [1.29, 1.82) is 0 Å². The van der Waals surface area contributed by atoms with Gasteiger partial charge in [0.2, 0.25) is 5.95 Å². The van der Waals surface area contributed by atoms with E-state index in [-0.39, 0.29) is 24.3 Å². The largest absolute Gasteiger partial charge is 0.371 e. The molecular weight excluding hydrogens is 400 g/mol. The Hall–Kier alpha value is -2.80. The third-order valence-corrected chi connectivity index (χ3v) is 6.10. The van der Waals surface area contributed by atoms with E-state index in [2.05, 4.69) is 78.0 Å². The zero-order valence-electron chi connectivity index (χ0n) is 18.6. The van der Waals surface area contributed by atoms with Crippen LogP contribution in [0, 0.1) is 5.92 Å². The molecule has 6 nitrogen and oxygen atoms in total. The topological polar surface area (TPSA) is 68.3 Å². The van der Waals surface area contributed by atoms with Gasteiger partial charge in [0, 0.05) is 11.8 Å². The van der Waals surface area contributed by atoms with Gasteiger partial charge in [-0.15, -0.1) is 0 Å². The van der Waals surface area contributed by atoms with Crippen molar-refractivity contribution >= 4 is 5.95 Å². The summed E-state index contributed by atoms with van der Waals surface area (Å²) in [6.45, 7) is 6.65. The predicted octanol–water partition coefficient (Wildman–Crippen LogP) is 4.00. The molecule has 3 aromatic rings. The molecular formula is C26H30N4O2. The molecule has 6 heteroatoms. The quantitative estimate of drug-likeness (QED) is 0.591. The first-order valence-electron chi connectivity index (χ1n) is 11.4. The van der Waals surface area contributed by atoms with Crippen molar-refractivity contribution < 1.29 is 9.47 Å². The number of hydrogen-bond acceptors (Lipinski definition) is 6. The Morgan fingerprint density at radius 3 is 2.25 bits per heavy atom. The van der Waals surface area contributed by atoms with Crippen LogP contribution in [-0.4, -0.2) is 54.0 Å². The average molecular weight is 431 g/mol. The number of aromatic nitrogens is 2. The molecule has 4 atom stereocenters. The molecule has 2 aromatic carbocycles. The minimum Gasteiger partial charge on any atom is -0.371 e. The maximum absolute atomic E-state index is 6.07. The molecule has 0 spiro atoms. The van der Waals surface area contributed by atoms with Crippen molar-refractivity contribution in [2.75, 3.05) is 25.1 Å².